The van der Waals surface area contributed by atoms with Crippen molar-refractivity contribution >= 4 is 59.9 Å². The Morgan fingerprint density at radius 3 is 2.88 bits per heavy atom. The molecule has 8 heteroatoms. The number of hydrogen-bond acceptors (Lipinski definition) is 4. The third-order valence-corrected chi connectivity index (χ3v) is 3.36. The fourth-order valence-corrected chi connectivity index (χ4v) is 2.63. The van der Waals surface area contributed by atoms with E-state index in [1.807, 2.05) is 0 Å². The van der Waals surface area contributed by atoms with Crippen molar-refractivity contribution in [2.24, 2.45) is 5.10 Å². The molecule has 17 heavy (non-hydrogen) atoms. The van der Waals surface area contributed by atoms with E-state index in [2.05, 4.69) is 41.9 Å². The minimum absolute atomic E-state index is 0.295. The van der Waals surface area contributed by atoms with E-state index in [1.165, 1.54) is 5.01 Å². The Morgan fingerprint density at radius 2 is 2.29 bits per heavy atom. The highest BCUT2D eigenvalue weighted by Crippen LogP contribution is 2.31. The molecule has 0 saturated heterocycles. The number of carbonyl (C=O) groups is 1. The lowest BCUT2D eigenvalue weighted by Gasteiger charge is -2.19. The lowest BCUT2D eigenvalue weighted by atomic mass is 10.2. The van der Waals surface area contributed by atoms with Crippen LogP contribution in [0, 0.1) is 0 Å². The molecule has 1 unspecified atom stereocenters. The standard InChI is InChI=1S/C9H6Br2ClN3O2/c10-4-1-5(12)8(13-3-4)15-6(9(16)17)2-7(11)14-15/h1,3,6H,2H2,(H,16,17). The normalized spacial score (nSPS) is 19.4. The highest BCUT2D eigenvalue weighted by molar-refractivity contribution is 9.18. The molecule has 0 aliphatic carbocycles. The van der Waals surface area contributed by atoms with Gasteiger partial charge < -0.3 is 5.11 Å². The van der Waals surface area contributed by atoms with E-state index in [-0.39, 0.29) is 0 Å². The zero-order valence-electron chi connectivity index (χ0n) is 8.27. The van der Waals surface area contributed by atoms with Crippen molar-refractivity contribution in [3.8, 4) is 0 Å². The molecule has 90 valence electrons. The predicted molar refractivity (Wildman–Crippen MR) is 71.8 cm³/mol. The fourth-order valence-electron chi connectivity index (χ4n) is 1.44. The van der Waals surface area contributed by atoms with Crippen LogP contribution in [0.4, 0.5) is 5.82 Å². The predicted octanol–water partition coefficient (Wildman–Crippen LogP) is 2.87. The first-order chi connectivity index (χ1) is 7.99. The zero-order valence-corrected chi connectivity index (χ0v) is 12.2. The molecule has 0 saturated carbocycles. The summed E-state index contributed by atoms with van der Waals surface area (Å²) in [6.45, 7) is 0. The van der Waals surface area contributed by atoms with E-state index in [4.69, 9.17) is 16.7 Å². The summed E-state index contributed by atoms with van der Waals surface area (Å²) >= 11 is 12.4. The quantitative estimate of drug-likeness (QED) is 0.853. The van der Waals surface area contributed by atoms with Gasteiger partial charge >= 0.3 is 5.97 Å². The molecule has 2 rings (SSSR count). The van der Waals surface area contributed by atoms with Crippen LogP contribution in [0.1, 0.15) is 6.42 Å². The number of rotatable bonds is 2. The maximum Gasteiger partial charge on any atom is 0.329 e. The average Bonchev–Trinajstić information content (AvgIpc) is 2.60. The summed E-state index contributed by atoms with van der Waals surface area (Å²) in [7, 11) is 0. The fraction of sp³-hybridized carbons (Fsp3) is 0.222. The van der Waals surface area contributed by atoms with Crippen molar-refractivity contribution in [3.05, 3.63) is 21.8 Å². The second-order valence-electron chi connectivity index (χ2n) is 3.34. The van der Waals surface area contributed by atoms with E-state index in [0.717, 1.165) is 4.47 Å². The molecule has 1 aromatic rings. The van der Waals surface area contributed by atoms with Gasteiger partial charge in [0.15, 0.2) is 11.9 Å². The Morgan fingerprint density at radius 1 is 1.59 bits per heavy atom. The molecule has 2 heterocycles. The number of nitrogens with zero attached hydrogens (tertiary/aromatic N) is 3. The highest BCUT2D eigenvalue weighted by Gasteiger charge is 2.34. The Labute approximate surface area is 119 Å². The Hall–Kier alpha value is -0.660. The van der Waals surface area contributed by atoms with Gasteiger partial charge in [0.1, 0.15) is 4.62 Å². The number of pyridine rings is 1. The highest BCUT2D eigenvalue weighted by atomic mass is 79.9. The first kappa shape index (κ1) is 12.8. The summed E-state index contributed by atoms with van der Waals surface area (Å²) in [6, 6.07) is 0.861. The van der Waals surface area contributed by atoms with E-state index >= 15 is 0 Å². The van der Waals surface area contributed by atoms with Gasteiger partial charge in [0.2, 0.25) is 0 Å². The Kier molecular flexibility index (Phi) is 3.70. The van der Waals surface area contributed by atoms with Crippen molar-refractivity contribution in [3.63, 3.8) is 0 Å². The monoisotopic (exact) mass is 381 g/mol. The third-order valence-electron chi connectivity index (χ3n) is 2.16. The lowest BCUT2D eigenvalue weighted by molar-refractivity contribution is -0.138. The van der Waals surface area contributed by atoms with Crippen LogP contribution < -0.4 is 5.01 Å². The van der Waals surface area contributed by atoms with Crippen LogP contribution in [0.2, 0.25) is 5.02 Å². The van der Waals surface area contributed by atoms with Crippen molar-refractivity contribution in [1.82, 2.24) is 4.98 Å². The van der Waals surface area contributed by atoms with Crippen LogP contribution in [0.5, 0.6) is 0 Å². The third kappa shape index (κ3) is 2.61. The molecule has 0 bridgehead atoms. The number of hydrogen-bond donors (Lipinski definition) is 1. The number of hydrazone groups is 1. The molecule has 0 radical (unpaired) electrons. The van der Waals surface area contributed by atoms with Crippen LogP contribution in [-0.2, 0) is 4.79 Å². The Balaban J connectivity index is 2.41. The van der Waals surface area contributed by atoms with Crippen molar-refractivity contribution < 1.29 is 9.90 Å². The van der Waals surface area contributed by atoms with Crippen LogP contribution in [0.3, 0.4) is 0 Å². The van der Waals surface area contributed by atoms with Gasteiger partial charge in [-0.2, -0.15) is 5.10 Å². The Bertz CT molecular complexity index is 509. The molecular formula is C9H6Br2ClN3O2. The topological polar surface area (TPSA) is 65.8 Å². The van der Waals surface area contributed by atoms with Gasteiger partial charge in [-0.15, -0.1) is 0 Å². The molecule has 1 aliphatic rings. The summed E-state index contributed by atoms with van der Waals surface area (Å²) in [5.41, 5.74) is 0. The molecular weight excluding hydrogens is 377 g/mol. The van der Waals surface area contributed by atoms with E-state index < -0.39 is 12.0 Å². The minimum Gasteiger partial charge on any atom is -0.480 e. The largest absolute Gasteiger partial charge is 0.480 e. The summed E-state index contributed by atoms with van der Waals surface area (Å²) in [4.78, 5) is 15.2. The average molecular weight is 383 g/mol. The summed E-state index contributed by atoms with van der Waals surface area (Å²) in [5, 5.41) is 14.8. The molecule has 1 atom stereocenters. The van der Waals surface area contributed by atoms with Gasteiger partial charge in [-0.3, -0.25) is 0 Å². The van der Waals surface area contributed by atoms with Crippen LogP contribution in [-0.4, -0.2) is 26.7 Å². The van der Waals surface area contributed by atoms with Crippen LogP contribution in [0.15, 0.2) is 21.8 Å². The van der Waals surface area contributed by atoms with Gasteiger partial charge in [-0.1, -0.05) is 11.6 Å². The van der Waals surface area contributed by atoms with Crippen LogP contribution in [0.25, 0.3) is 0 Å². The molecule has 1 N–H and O–H groups in total. The molecule has 0 amide bonds. The van der Waals surface area contributed by atoms with E-state index in [9.17, 15) is 4.79 Å². The van der Waals surface area contributed by atoms with Gasteiger partial charge in [0.25, 0.3) is 0 Å². The maximum atomic E-state index is 11.1. The first-order valence-electron chi connectivity index (χ1n) is 4.55. The molecule has 0 fully saturated rings. The first-order valence-corrected chi connectivity index (χ1v) is 6.51. The summed E-state index contributed by atoms with van der Waals surface area (Å²) in [6.07, 6.45) is 1.84. The minimum atomic E-state index is -0.969. The van der Waals surface area contributed by atoms with E-state index in [1.54, 1.807) is 12.3 Å². The molecule has 0 aromatic carbocycles. The summed E-state index contributed by atoms with van der Waals surface area (Å²) in [5.74, 6) is -0.638. The van der Waals surface area contributed by atoms with E-state index in [0.29, 0.717) is 21.9 Å². The zero-order chi connectivity index (χ0) is 12.6. The number of aromatic nitrogens is 1. The van der Waals surface area contributed by atoms with Crippen LogP contribution >= 0.6 is 43.5 Å². The molecule has 5 nitrogen and oxygen atoms in total. The second kappa shape index (κ2) is 4.91. The van der Waals surface area contributed by atoms with Crippen molar-refractivity contribution in [2.45, 2.75) is 12.5 Å². The van der Waals surface area contributed by atoms with Gasteiger partial charge in [-0.05, 0) is 37.9 Å². The number of halogens is 3. The molecule has 1 aliphatic heterocycles. The molecule has 0 spiro atoms. The SMILES string of the molecule is O=C(O)C1CC(Br)=NN1c1ncc(Br)cc1Cl. The smallest absolute Gasteiger partial charge is 0.329 e. The maximum absolute atomic E-state index is 11.1. The number of carboxylic acids is 1. The number of aliphatic carboxylic acids is 1. The van der Waals surface area contributed by atoms with Gasteiger partial charge in [-0.25, -0.2) is 14.8 Å². The van der Waals surface area contributed by atoms with Gasteiger partial charge in [0.05, 0.1) is 5.02 Å². The van der Waals surface area contributed by atoms with Gasteiger partial charge in [0, 0.05) is 17.1 Å². The van der Waals surface area contributed by atoms with Crippen molar-refractivity contribution in [1.29, 1.82) is 0 Å². The summed E-state index contributed by atoms with van der Waals surface area (Å²) < 4.78 is 1.28. The number of carboxylic acid groups (broad SMARTS) is 1. The molecule has 1 aromatic heterocycles. The van der Waals surface area contributed by atoms with Crippen molar-refractivity contribution in [2.75, 3.05) is 5.01 Å². The lowest BCUT2D eigenvalue weighted by Crippen LogP contribution is -2.34. The number of anilines is 1. The second-order valence-corrected chi connectivity index (χ2v) is 5.58.